The smallest absolute Gasteiger partial charge is 0.378 e. The Morgan fingerprint density at radius 3 is 2.88 bits per heavy atom. The highest BCUT2D eigenvalue weighted by atomic mass is 31.2. The average molecular weight is 250 g/mol. The van der Waals surface area contributed by atoms with Gasteiger partial charge >= 0.3 is 7.82 Å². The van der Waals surface area contributed by atoms with Crippen LogP contribution in [-0.4, -0.2) is 46.1 Å². The number of hydrogen-bond donors (Lipinski definition) is 0. The Morgan fingerprint density at radius 2 is 2.25 bits per heavy atom. The predicted octanol–water partition coefficient (Wildman–Crippen LogP) is 0.267. The van der Waals surface area contributed by atoms with E-state index in [2.05, 4.69) is 0 Å². The first kappa shape index (κ1) is 12.5. The lowest BCUT2D eigenvalue weighted by Crippen LogP contribution is -2.35. The maximum atomic E-state index is 11.9. The lowest BCUT2D eigenvalue weighted by molar-refractivity contribution is -0.0484. The fourth-order valence-electron chi connectivity index (χ4n) is 2.04. The Kier molecular flexibility index (Phi) is 3.73. The van der Waals surface area contributed by atoms with Crippen molar-refractivity contribution in [1.29, 1.82) is 0 Å². The van der Waals surface area contributed by atoms with Crippen LogP contribution < -0.4 is 0 Å². The third-order valence-electron chi connectivity index (χ3n) is 2.89. The average Bonchev–Trinajstić information content (AvgIpc) is 2.48. The summed E-state index contributed by atoms with van der Waals surface area (Å²) < 4.78 is 38.2. The zero-order valence-corrected chi connectivity index (χ0v) is 10.5. The van der Waals surface area contributed by atoms with Crippen molar-refractivity contribution in [2.45, 2.75) is 37.7 Å². The fourth-order valence-corrected chi connectivity index (χ4v) is 3.04. The van der Waals surface area contributed by atoms with E-state index in [-0.39, 0.29) is 25.0 Å². The molecule has 2 saturated heterocycles. The van der Waals surface area contributed by atoms with Crippen LogP contribution >= 0.6 is 7.82 Å². The highest BCUT2D eigenvalue weighted by Crippen LogP contribution is 2.53. The molecule has 0 saturated carbocycles. The number of ether oxygens (including phenoxy) is 2. The Bertz CT molecular complexity index is 300. The summed E-state index contributed by atoms with van der Waals surface area (Å²) in [6.07, 6.45) is -0.0205. The van der Waals surface area contributed by atoms with Crippen LogP contribution in [0.15, 0.2) is 0 Å². The molecule has 2 heterocycles. The Morgan fingerprint density at radius 1 is 1.50 bits per heavy atom. The normalized spacial score (nSPS) is 48.6. The minimum atomic E-state index is -3.49. The van der Waals surface area contributed by atoms with Crippen LogP contribution in [-0.2, 0) is 27.6 Å². The standard InChI is InChI=1S/C8H16BO6P/c1-3-5-6-7(8(9)14-5)12-4-13-16(10,11-2)15-6/h5-8H,3-4,9H2,1-2H3/t5-,6?,7?,8-,16?/m1/s1. The van der Waals surface area contributed by atoms with Gasteiger partial charge in [-0.2, -0.15) is 0 Å². The first-order valence-electron chi connectivity index (χ1n) is 5.35. The van der Waals surface area contributed by atoms with Gasteiger partial charge in [0.15, 0.2) is 6.79 Å². The van der Waals surface area contributed by atoms with Crippen molar-refractivity contribution < 1.29 is 27.6 Å². The van der Waals surface area contributed by atoms with E-state index in [1.54, 1.807) is 0 Å². The summed E-state index contributed by atoms with van der Waals surface area (Å²) in [6.45, 7) is 1.88. The second kappa shape index (κ2) is 4.76. The highest BCUT2D eigenvalue weighted by Gasteiger charge is 2.49. The molecule has 2 rings (SSSR count). The van der Waals surface area contributed by atoms with Gasteiger partial charge < -0.3 is 9.47 Å². The fraction of sp³-hybridized carbons (Fsp3) is 1.00. The second-order valence-electron chi connectivity index (χ2n) is 3.87. The molecule has 2 fully saturated rings. The number of rotatable bonds is 2. The van der Waals surface area contributed by atoms with Crippen molar-refractivity contribution >= 4 is 15.7 Å². The molecular formula is C8H16BO6P. The van der Waals surface area contributed by atoms with E-state index in [1.807, 2.05) is 14.8 Å². The molecule has 2 aliphatic heterocycles. The van der Waals surface area contributed by atoms with Gasteiger partial charge in [-0.05, 0) is 6.42 Å². The maximum absolute atomic E-state index is 11.9. The number of phosphoric ester groups is 1. The Balaban J connectivity index is 2.18. The van der Waals surface area contributed by atoms with Gasteiger partial charge in [0.1, 0.15) is 20.1 Å². The minimum absolute atomic E-state index is 0.0954. The molecule has 0 aromatic rings. The molecule has 0 N–H and O–H groups in total. The van der Waals surface area contributed by atoms with Gasteiger partial charge in [-0.15, -0.1) is 0 Å². The van der Waals surface area contributed by atoms with E-state index < -0.39 is 13.9 Å². The van der Waals surface area contributed by atoms with Crippen molar-refractivity contribution in [1.82, 2.24) is 0 Å². The quantitative estimate of drug-likeness (QED) is 0.517. The second-order valence-corrected chi connectivity index (χ2v) is 5.59. The van der Waals surface area contributed by atoms with Gasteiger partial charge in [-0.1, -0.05) is 6.92 Å². The summed E-state index contributed by atoms with van der Waals surface area (Å²) in [5.41, 5.74) is 0. The van der Waals surface area contributed by atoms with Gasteiger partial charge in [0.25, 0.3) is 0 Å². The van der Waals surface area contributed by atoms with Crippen molar-refractivity contribution in [2.75, 3.05) is 13.9 Å². The summed E-state index contributed by atoms with van der Waals surface area (Å²) in [5, 5.41) is 0. The van der Waals surface area contributed by atoms with Crippen molar-refractivity contribution in [3.05, 3.63) is 0 Å². The zero-order valence-electron chi connectivity index (χ0n) is 9.62. The molecule has 16 heavy (non-hydrogen) atoms. The summed E-state index contributed by atoms with van der Waals surface area (Å²) in [7, 11) is -0.294. The number of hydrogen-bond acceptors (Lipinski definition) is 6. The summed E-state index contributed by atoms with van der Waals surface area (Å²) in [5.74, 6) is 0. The molecule has 2 aliphatic rings. The van der Waals surface area contributed by atoms with Crippen molar-refractivity contribution in [3.63, 3.8) is 0 Å². The third kappa shape index (κ3) is 2.21. The lowest BCUT2D eigenvalue weighted by atomic mass is 9.92. The molecule has 5 atom stereocenters. The summed E-state index contributed by atoms with van der Waals surface area (Å²) >= 11 is 0. The van der Waals surface area contributed by atoms with E-state index in [4.69, 9.17) is 23.0 Å². The number of fused-ring (bicyclic) bond motifs is 1. The van der Waals surface area contributed by atoms with Crippen LogP contribution in [0.4, 0.5) is 0 Å². The zero-order chi connectivity index (χ0) is 11.8. The van der Waals surface area contributed by atoms with Crippen LogP contribution in [0.5, 0.6) is 0 Å². The molecule has 0 spiro atoms. The van der Waals surface area contributed by atoms with E-state index in [9.17, 15) is 4.57 Å². The van der Waals surface area contributed by atoms with Crippen LogP contribution in [0.2, 0.25) is 0 Å². The molecule has 3 unspecified atom stereocenters. The Hall–Kier alpha value is 0.0949. The first-order chi connectivity index (χ1) is 7.59. The molecule has 8 heteroatoms. The molecule has 0 bridgehead atoms. The molecule has 0 aromatic carbocycles. The molecule has 0 aliphatic carbocycles. The molecule has 0 radical (unpaired) electrons. The predicted molar refractivity (Wildman–Crippen MR) is 57.8 cm³/mol. The summed E-state index contributed by atoms with van der Waals surface area (Å²) in [4.78, 5) is 0. The minimum Gasteiger partial charge on any atom is -0.378 e. The SMILES string of the molecule is B[C@@H]1O[C@H](CC)C2OP(=O)(OC)OCOC21. The number of phosphoric acid groups is 1. The monoisotopic (exact) mass is 250 g/mol. The maximum Gasteiger partial charge on any atom is 0.477 e. The van der Waals surface area contributed by atoms with E-state index >= 15 is 0 Å². The largest absolute Gasteiger partial charge is 0.477 e. The van der Waals surface area contributed by atoms with E-state index in [0.717, 1.165) is 6.42 Å². The van der Waals surface area contributed by atoms with Gasteiger partial charge in [0, 0.05) is 7.11 Å². The van der Waals surface area contributed by atoms with Gasteiger partial charge in [-0.25, -0.2) is 4.57 Å². The highest BCUT2D eigenvalue weighted by molar-refractivity contribution is 7.48. The first-order valence-corrected chi connectivity index (χ1v) is 6.81. The van der Waals surface area contributed by atoms with Crippen LogP contribution in [0.25, 0.3) is 0 Å². The van der Waals surface area contributed by atoms with Gasteiger partial charge in [-0.3, -0.25) is 13.6 Å². The van der Waals surface area contributed by atoms with Gasteiger partial charge in [0.2, 0.25) is 0 Å². The Labute approximate surface area is 95.6 Å². The van der Waals surface area contributed by atoms with Crippen LogP contribution in [0.1, 0.15) is 13.3 Å². The molecular weight excluding hydrogens is 234 g/mol. The molecule has 0 amide bonds. The molecule has 0 aromatic heterocycles. The molecule has 6 nitrogen and oxygen atoms in total. The van der Waals surface area contributed by atoms with Gasteiger partial charge in [0.05, 0.1) is 12.1 Å². The molecule has 92 valence electrons. The van der Waals surface area contributed by atoms with Crippen LogP contribution in [0, 0.1) is 0 Å². The summed E-state index contributed by atoms with van der Waals surface area (Å²) in [6, 6.07) is -0.0954. The van der Waals surface area contributed by atoms with Crippen molar-refractivity contribution in [3.8, 4) is 0 Å². The van der Waals surface area contributed by atoms with E-state index in [1.165, 1.54) is 7.11 Å². The van der Waals surface area contributed by atoms with E-state index in [0.29, 0.717) is 0 Å². The van der Waals surface area contributed by atoms with Crippen LogP contribution in [0.3, 0.4) is 0 Å². The topological polar surface area (TPSA) is 63.2 Å². The lowest BCUT2D eigenvalue weighted by Gasteiger charge is -2.21. The third-order valence-corrected chi connectivity index (χ3v) is 4.26. The van der Waals surface area contributed by atoms with Crippen molar-refractivity contribution in [2.24, 2.45) is 0 Å².